The van der Waals surface area contributed by atoms with Crippen molar-refractivity contribution in [3.05, 3.63) is 33.8 Å². The largest absolute Gasteiger partial charge is 0.374 e. The molecule has 0 aromatic heterocycles. The van der Waals surface area contributed by atoms with Gasteiger partial charge in [0.25, 0.3) is 0 Å². The molecule has 2 rings (SSSR count). The summed E-state index contributed by atoms with van der Waals surface area (Å²) in [7, 11) is 0. The summed E-state index contributed by atoms with van der Waals surface area (Å²) in [6.07, 6.45) is 2.07. The van der Waals surface area contributed by atoms with E-state index in [1.165, 1.54) is 0 Å². The van der Waals surface area contributed by atoms with E-state index < -0.39 is 0 Å². The number of rotatable bonds is 4. The molecule has 1 aromatic rings. The Kier molecular flexibility index (Phi) is 4.46. The third-order valence-electron chi connectivity index (χ3n) is 3.49. The number of hydrogen-bond donors (Lipinski definition) is 0. The molecule has 0 bridgehead atoms. The lowest BCUT2D eigenvalue weighted by atomic mass is 10.0. The second kappa shape index (κ2) is 5.61. The molecule has 1 heterocycles. The van der Waals surface area contributed by atoms with Gasteiger partial charge in [-0.2, -0.15) is 0 Å². The van der Waals surface area contributed by atoms with Crippen molar-refractivity contribution in [2.45, 2.75) is 51.4 Å². The van der Waals surface area contributed by atoms with Gasteiger partial charge in [0.2, 0.25) is 0 Å². The van der Waals surface area contributed by atoms with Crippen LogP contribution in [0.4, 0.5) is 0 Å². The van der Waals surface area contributed by atoms with Crippen molar-refractivity contribution in [1.82, 2.24) is 0 Å². The van der Waals surface area contributed by atoms with Crippen LogP contribution in [0.5, 0.6) is 0 Å². The fourth-order valence-corrected chi connectivity index (χ4v) is 2.98. The van der Waals surface area contributed by atoms with E-state index in [1.807, 2.05) is 18.2 Å². The number of hydrogen-bond acceptors (Lipinski definition) is 2. The van der Waals surface area contributed by atoms with E-state index in [9.17, 15) is 0 Å². The number of benzene rings is 1. The van der Waals surface area contributed by atoms with Gasteiger partial charge < -0.3 is 9.47 Å². The molecule has 1 saturated heterocycles. The van der Waals surface area contributed by atoms with Crippen LogP contribution in [0.2, 0.25) is 10.0 Å². The zero-order chi connectivity index (χ0) is 14.1. The van der Waals surface area contributed by atoms with Crippen molar-refractivity contribution in [1.29, 1.82) is 0 Å². The van der Waals surface area contributed by atoms with Gasteiger partial charge in [-0.3, -0.25) is 0 Å². The van der Waals surface area contributed by atoms with Gasteiger partial charge in [0.15, 0.2) is 0 Å². The number of ether oxygens (including phenoxy) is 2. The molecule has 19 heavy (non-hydrogen) atoms. The molecule has 1 aliphatic rings. The van der Waals surface area contributed by atoms with Crippen LogP contribution < -0.4 is 0 Å². The highest BCUT2D eigenvalue weighted by molar-refractivity contribution is 6.35. The molecular formula is C15H20Cl2O2. The third kappa shape index (κ3) is 3.85. The minimum atomic E-state index is -0.211. The first kappa shape index (κ1) is 15.1. The predicted octanol–water partition coefficient (Wildman–Crippen LogP) is 4.86. The Balaban J connectivity index is 1.91. The summed E-state index contributed by atoms with van der Waals surface area (Å²) in [6, 6.07) is 5.48. The average Bonchev–Trinajstić information content (AvgIpc) is 2.58. The molecule has 0 spiro atoms. The maximum Gasteiger partial charge on any atom is 0.0895 e. The van der Waals surface area contributed by atoms with Crippen LogP contribution in [0.15, 0.2) is 18.2 Å². The minimum absolute atomic E-state index is 0.0554. The minimum Gasteiger partial charge on any atom is -0.374 e. The lowest BCUT2D eigenvalue weighted by Crippen LogP contribution is -2.33. The molecule has 2 nitrogen and oxygen atoms in total. The first-order chi connectivity index (χ1) is 8.81. The van der Waals surface area contributed by atoms with Crippen LogP contribution in [0.3, 0.4) is 0 Å². The molecule has 1 unspecified atom stereocenters. The SMILES string of the molecule is CC1(C)CCC(C)(COCc2c(Cl)cccc2Cl)O1. The molecule has 1 aliphatic heterocycles. The van der Waals surface area contributed by atoms with Crippen LogP contribution >= 0.6 is 23.2 Å². The van der Waals surface area contributed by atoms with Gasteiger partial charge in [-0.15, -0.1) is 0 Å². The van der Waals surface area contributed by atoms with Crippen molar-refractivity contribution >= 4 is 23.2 Å². The van der Waals surface area contributed by atoms with E-state index in [1.54, 1.807) is 0 Å². The lowest BCUT2D eigenvalue weighted by Gasteiger charge is -2.27. The van der Waals surface area contributed by atoms with Crippen LogP contribution in [0.1, 0.15) is 39.2 Å². The first-order valence-corrected chi connectivity index (χ1v) is 7.28. The average molecular weight is 303 g/mol. The topological polar surface area (TPSA) is 18.5 Å². The van der Waals surface area contributed by atoms with Crippen LogP contribution in [0, 0.1) is 0 Å². The summed E-state index contributed by atoms with van der Waals surface area (Å²) in [6.45, 7) is 7.29. The second-order valence-corrected chi connectivity index (χ2v) is 6.82. The van der Waals surface area contributed by atoms with Crippen LogP contribution in [0.25, 0.3) is 0 Å². The van der Waals surface area contributed by atoms with Crippen molar-refractivity contribution in [3.8, 4) is 0 Å². The predicted molar refractivity (Wildman–Crippen MR) is 78.9 cm³/mol. The molecule has 0 amide bonds. The molecule has 1 aromatic carbocycles. The first-order valence-electron chi connectivity index (χ1n) is 6.52. The van der Waals surface area contributed by atoms with Gasteiger partial charge in [-0.25, -0.2) is 0 Å². The van der Waals surface area contributed by atoms with Crippen molar-refractivity contribution in [3.63, 3.8) is 0 Å². The molecule has 1 fully saturated rings. The van der Waals surface area contributed by atoms with Gasteiger partial charge >= 0.3 is 0 Å². The Hall–Kier alpha value is -0.280. The van der Waals surface area contributed by atoms with Gasteiger partial charge in [-0.05, 0) is 45.7 Å². The highest BCUT2D eigenvalue weighted by Crippen LogP contribution is 2.37. The van der Waals surface area contributed by atoms with Crippen molar-refractivity contribution < 1.29 is 9.47 Å². The van der Waals surface area contributed by atoms with Crippen molar-refractivity contribution in [2.75, 3.05) is 6.61 Å². The Labute approximate surface area is 125 Å². The Bertz CT molecular complexity index is 439. The lowest BCUT2D eigenvalue weighted by molar-refractivity contribution is -0.115. The molecule has 0 aliphatic carbocycles. The highest BCUT2D eigenvalue weighted by atomic mass is 35.5. The van der Waals surface area contributed by atoms with Gasteiger partial charge in [0, 0.05) is 15.6 Å². The van der Waals surface area contributed by atoms with E-state index >= 15 is 0 Å². The van der Waals surface area contributed by atoms with E-state index in [4.69, 9.17) is 32.7 Å². The standard InChI is InChI=1S/C15H20Cl2O2/c1-14(2)7-8-15(3,19-14)10-18-9-11-12(16)5-4-6-13(11)17/h4-6H,7-10H2,1-3H3. The Morgan fingerprint density at radius 1 is 1.16 bits per heavy atom. The molecule has 0 N–H and O–H groups in total. The fraction of sp³-hybridized carbons (Fsp3) is 0.600. The highest BCUT2D eigenvalue weighted by Gasteiger charge is 2.40. The van der Waals surface area contributed by atoms with E-state index in [0.29, 0.717) is 23.3 Å². The summed E-state index contributed by atoms with van der Waals surface area (Å²) < 4.78 is 11.8. The second-order valence-electron chi connectivity index (χ2n) is 6.00. The molecule has 1 atom stereocenters. The Morgan fingerprint density at radius 3 is 2.32 bits per heavy atom. The smallest absolute Gasteiger partial charge is 0.0895 e. The quantitative estimate of drug-likeness (QED) is 0.791. The fourth-order valence-electron chi connectivity index (χ4n) is 2.48. The van der Waals surface area contributed by atoms with E-state index in [-0.39, 0.29) is 11.2 Å². The summed E-state index contributed by atoms with van der Waals surface area (Å²) >= 11 is 12.2. The molecule has 106 valence electrons. The molecule has 0 radical (unpaired) electrons. The van der Waals surface area contributed by atoms with E-state index in [0.717, 1.165) is 18.4 Å². The summed E-state index contributed by atoms with van der Waals surface area (Å²) in [5.41, 5.74) is 0.573. The summed E-state index contributed by atoms with van der Waals surface area (Å²) in [5, 5.41) is 1.29. The monoisotopic (exact) mass is 302 g/mol. The maximum absolute atomic E-state index is 6.11. The normalized spacial score (nSPS) is 25.7. The Morgan fingerprint density at radius 2 is 1.79 bits per heavy atom. The molecular weight excluding hydrogens is 283 g/mol. The van der Waals surface area contributed by atoms with Crippen LogP contribution in [-0.2, 0) is 16.1 Å². The summed E-state index contributed by atoms with van der Waals surface area (Å²) in [4.78, 5) is 0. The number of halogens is 2. The van der Waals surface area contributed by atoms with Gasteiger partial charge in [0.05, 0.1) is 24.4 Å². The van der Waals surface area contributed by atoms with Crippen LogP contribution in [-0.4, -0.2) is 17.8 Å². The van der Waals surface area contributed by atoms with E-state index in [2.05, 4.69) is 20.8 Å². The van der Waals surface area contributed by atoms with Gasteiger partial charge in [0.1, 0.15) is 0 Å². The third-order valence-corrected chi connectivity index (χ3v) is 4.20. The zero-order valence-electron chi connectivity index (χ0n) is 11.6. The zero-order valence-corrected chi connectivity index (χ0v) is 13.1. The molecule has 0 saturated carbocycles. The van der Waals surface area contributed by atoms with Crippen molar-refractivity contribution in [2.24, 2.45) is 0 Å². The summed E-state index contributed by atoms with van der Waals surface area (Å²) in [5.74, 6) is 0. The molecule has 4 heteroatoms. The van der Waals surface area contributed by atoms with Gasteiger partial charge in [-0.1, -0.05) is 29.3 Å². The maximum atomic E-state index is 6.11.